The lowest BCUT2D eigenvalue weighted by Gasteiger charge is -2.40. The highest BCUT2D eigenvalue weighted by atomic mass is 16.5. The smallest absolute Gasteiger partial charge is 0.0888 e. The number of nitrogens with zero attached hydrogens (tertiary/aromatic N) is 1. The molecule has 1 aliphatic carbocycles. The van der Waals surface area contributed by atoms with Crippen LogP contribution in [0.25, 0.3) is 0 Å². The fraction of sp³-hybridized carbons (Fsp3) is 0.600. The standard InChI is InChI=1S/C15H21N2O/c1-3-5-14-16-12-7-6-11(10-13(12)17(14)18)15(2)8-4-9-15/h6-7,10,14,16H,3-5,8-9H2,1-2H3/q-1. The molecule has 0 spiro atoms. The average molecular weight is 245 g/mol. The summed E-state index contributed by atoms with van der Waals surface area (Å²) in [6, 6.07) is 6.37. The van der Waals surface area contributed by atoms with Gasteiger partial charge in [0.15, 0.2) is 0 Å². The number of hydrogen-bond acceptors (Lipinski definition) is 3. The lowest BCUT2D eigenvalue weighted by Crippen LogP contribution is -2.31. The summed E-state index contributed by atoms with van der Waals surface area (Å²) in [6.07, 6.45) is 5.65. The number of hydrogen-bond donors (Lipinski definition) is 1. The first kappa shape index (κ1) is 11.8. The zero-order chi connectivity index (χ0) is 12.8. The van der Waals surface area contributed by atoms with Gasteiger partial charge >= 0.3 is 0 Å². The zero-order valence-corrected chi connectivity index (χ0v) is 11.2. The molecule has 0 bridgehead atoms. The highest BCUT2D eigenvalue weighted by Gasteiger charge is 2.34. The van der Waals surface area contributed by atoms with E-state index in [-0.39, 0.29) is 6.17 Å². The summed E-state index contributed by atoms with van der Waals surface area (Å²) in [6.45, 7) is 4.42. The van der Waals surface area contributed by atoms with Gasteiger partial charge in [-0.3, -0.25) is 0 Å². The summed E-state index contributed by atoms with van der Waals surface area (Å²) in [5.41, 5.74) is 3.46. The molecule has 3 rings (SSSR count). The Bertz CT molecular complexity index is 454. The summed E-state index contributed by atoms with van der Waals surface area (Å²) in [5.74, 6) is 0. The van der Waals surface area contributed by atoms with Crippen LogP contribution in [-0.2, 0) is 5.41 Å². The first-order valence-corrected chi connectivity index (χ1v) is 7.01. The van der Waals surface area contributed by atoms with Crippen LogP contribution in [-0.4, -0.2) is 6.17 Å². The first-order chi connectivity index (χ1) is 8.64. The van der Waals surface area contributed by atoms with Crippen LogP contribution in [0, 0.1) is 5.21 Å². The highest BCUT2D eigenvalue weighted by Crippen LogP contribution is 2.46. The molecule has 1 aromatic carbocycles. The summed E-state index contributed by atoms with van der Waals surface area (Å²) in [7, 11) is 0. The van der Waals surface area contributed by atoms with Gasteiger partial charge in [0.05, 0.1) is 17.5 Å². The van der Waals surface area contributed by atoms with Crippen LogP contribution < -0.4 is 10.4 Å². The average Bonchev–Trinajstić information content (AvgIpc) is 2.64. The molecular weight excluding hydrogens is 224 g/mol. The fourth-order valence-electron chi connectivity index (χ4n) is 3.08. The molecule has 0 amide bonds. The molecule has 18 heavy (non-hydrogen) atoms. The van der Waals surface area contributed by atoms with Gasteiger partial charge in [-0.1, -0.05) is 32.8 Å². The number of fused-ring (bicyclic) bond motifs is 1. The van der Waals surface area contributed by atoms with E-state index < -0.39 is 0 Å². The summed E-state index contributed by atoms with van der Waals surface area (Å²) >= 11 is 0. The van der Waals surface area contributed by atoms with Crippen molar-refractivity contribution in [1.82, 2.24) is 0 Å². The van der Waals surface area contributed by atoms with Crippen molar-refractivity contribution in [3.8, 4) is 0 Å². The van der Waals surface area contributed by atoms with E-state index in [1.807, 2.05) is 0 Å². The molecule has 1 N–H and O–H groups in total. The van der Waals surface area contributed by atoms with Crippen molar-refractivity contribution in [3.63, 3.8) is 0 Å². The third-order valence-electron chi connectivity index (χ3n) is 4.56. The second kappa shape index (κ2) is 4.16. The minimum atomic E-state index is -0.0746. The Morgan fingerprint density at radius 3 is 2.83 bits per heavy atom. The molecule has 1 atom stereocenters. The van der Waals surface area contributed by atoms with E-state index in [2.05, 4.69) is 37.4 Å². The minimum Gasteiger partial charge on any atom is -0.757 e. The number of benzene rings is 1. The zero-order valence-electron chi connectivity index (χ0n) is 11.2. The van der Waals surface area contributed by atoms with Gasteiger partial charge in [-0.25, -0.2) is 0 Å². The predicted octanol–water partition coefficient (Wildman–Crippen LogP) is 3.98. The Labute approximate surface area is 109 Å². The normalized spacial score (nSPS) is 24.4. The van der Waals surface area contributed by atoms with Crippen molar-refractivity contribution in [2.75, 3.05) is 10.4 Å². The second-order valence-corrected chi connectivity index (χ2v) is 5.92. The van der Waals surface area contributed by atoms with Crippen molar-refractivity contribution < 1.29 is 0 Å². The third kappa shape index (κ3) is 1.69. The van der Waals surface area contributed by atoms with Gasteiger partial charge in [-0.05, 0) is 42.4 Å². The van der Waals surface area contributed by atoms with E-state index >= 15 is 0 Å². The molecule has 3 heteroatoms. The van der Waals surface area contributed by atoms with E-state index in [9.17, 15) is 5.21 Å². The number of nitrogens with one attached hydrogen (secondary N) is 1. The molecule has 0 radical (unpaired) electrons. The van der Waals surface area contributed by atoms with E-state index in [1.54, 1.807) is 0 Å². The molecule has 1 heterocycles. The van der Waals surface area contributed by atoms with Crippen molar-refractivity contribution in [1.29, 1.82) is 0 Å². The maximum Gasteiger partial charge on any atom is 0.0888 e. The second-order valence-electron chi connectivity index (χ2n) is 5.92. The van der Waals surface area contributed by atoms with E-state index in [0.29, 0.717) is 5.41 Å². The number of rotatable bonds is 3. The van der Waals surface area contributed by atoms with Gasteiger partial charge in [0.25, 0.3) is 0 Å². The first-order valence-electron chi connectivity index (χ1n) is 7.01. The quantitative estimate of drug-likeness (QED) is 0.875. The van der Waals surface area contributed by atoms with Crippen molar-refractivity contribution in [2.45, 2.75) is 57.5 Å². The van der Waals surface area contributed by atoms with Crippen LogP contribution in [0.15, 0.2) is 18.2 Å². The number of anilines is 2. The van der Waals surface area contributed by atoms with Crippen LogP contribution in [0.3, 0.4) is 0 Å². The van der Waals surface area contributed by atoms with Gasteiger partial charge < -0.3 is 15.6 Å². The summed E-state index contributed by atoms with van der Waals surface area (Å²) in [5, 5.41) is 16.7. The van der Waals surface area contributed by atoms with E-state index in [4.69, 9.17) is 0 Å². The Morgan fingerprint density at radius 1 is 1.44 bits per heavy atom. The maximum absolute atomic E-state index is 12.2. The molecule has 1 unspecified atom stereocenters. The van der Waals surface area contributed by atoms with Gasteiger partial charge in [-0.2, -0.15) is 0 Å². The predicted molar refractivity (Wildman–Crippen MR) is 75.8 cm³/mol. The SMILES string of the molecule is CCCC1Nc2ccc(C3(C)CCC3)cc2N1[O-]. The maximum atomic E-state index is 12.2. The Morgan fingerprint density at radius 2 is 2.22 bits per heavy atom. The lowest BCUT2D eigenvalue weighted by molar-refractivity contribution is 0.272. The Balaban J connectivity index is 1.89. The monoisotopic (exact) mass is 245 g/mol. The van der Waals surface area contributed by atoms with Crippen LogP contribution in [0.1, 0.15) is 51.5 Å². The van der Waals surface area contributed by atoms with Crippen molar-refractivity contribution in [3.05, 3.63) is 29.0 Å². The highest BCUT2D eigenvalue weighted by molar-refractivity contribution is 5.77. The molecule has 98 valence electrons. The van der Waals surface area contributed by atoms with Gasteiger partial charge in [0, 0.05) is 0 Å². The summed E-state index contributed by atoms with van der Waals surface area (Å²) in [4.78, 5) is 0. The van der Waals surface area contributed by atoms with Crippen molar-refractivity contribution >= 4 is 11.4 Å². The minimum absolute atomic E-state index is 0.0746. The van der Waals surface area contributed by atoms with E-state index in [0.717, 1.165) is 29.3 Å². The molecular formula is C15H21N2O-. The van der Waals surface area contributed by atoms with Crippen LogP contribution in [0.5, 0.6) is 0 Å². The van der Waals surface area contributed by atoms with Gasteiger partial charge in [-0.15, -0.1) is 0 Å². The topological polar surface area (TPSA) is 38.3 Å². The van der Waals surface area contributed by atoms with Crippen LogP contribution >= 0.6 is 0 Å². The van der Waals surface area contributed by atoms with Crippen LogP contribution in [0.2, 0.25) is 0 Å². The largest absolute Gasteiger partial charge is 0.757 e. The Kier molecular flexibility index (Phi) is 2.74. The Hall–Kier alpha value is -1.22. The van der Waals surface area contributed by atoms with Crippen molar-refractivity contribution in [2.24, 2.45) is 0 Å². The van der Waals surface area contributed by atoms with Gasteiger partial charge in [0.1, 0.15) is 0 Å². The molecule has 0 saturated heterocycles. The van der Waals surface area contributed by atoms with Gasteiger partial charge in [0.2, 0.25) is 0 Å². The molecule has 2 aliphatic rings. The molecule has 1 fully saturated rings. The molecule has 1 aliphatic heterocycles. The number of hydroxylamine groups is 1. The molecule has 3 nitrogen and oxygen atoms in total. The summed E-state index contributed by atoms with van der Waals surface area (Å²) < 4.78 is 0. The van der Waals surface area contributed by atoms with Crippen LogP contribution in [0.4, 0.5) is 11.4 Å². The molecule has 0 aromatic heterocycles. The third-order valence-corrected chi connectivity index (χ3v) is 4.56. The fourth-order valence-corrected chi connectivity index (χ4v) is 3.08. The lowest BCUT2D eigenvalue weighted by atomic mass is 9.66. The molecule has 1 aromatic rings. The molecule has 1 saturated carbocycles. The van der Waals surface area contributed by atoms with E-state index in [1.165, 1.54) is 24.8 Å².